The van der Waals surface area contributed by atoms with Gasteiger partial charge in [-0.15, -0.1) is 0 Å². The predicted molar refractivity (Wildman–Crippen MR) is 84.6 cm³/mol. The molecule has 0 aliphatic rings. The van der Waals surface area contributed by atoms with Crippen molar-refractivity contribution in [2.24, 2.45) is 0 Å². The van der Waals surface area contributed by atoms with Crippen LogP contribution in [0.1, 0.15) is 52.5 Å². The molecule has 0 bridgehead atoms. The van der Waals surface area contributed by atoms with Gasteiger partial charge in [0.2, 0.25) is 0 Å². The fraction of sp³-hybridized carbons (Fsp3) is 0.647. The third kappa shape index (κ3) is 6.29. The highest BCUT2D eigenvalue weighted by molar-refractivity contribution is 5.43. The molecule has 0 aliphatic heterocycles. The number of hydrogen-bond donors (Lipinski definition) is 1. The molecule has 0 amide bonds. The van der Waals surface area contributed by atoms with Gasteiger partial charge in [-0.25, -0.2) is 0 Å². The van der Waals surface area contributed by atoms with Crippen molar-refractivity contribution in [2.45, 2.75) is 59.6 Å². The number of rotatable bonds is 10. The number of unbranched alkanes of at least 4 members (excludes halogenated alkanes) is 2. The summed E-state index contributed by atoms with van der Waals surface area (Å²) in [5, 5.41) is 3.47. The average molecular weight is 279 g/mol. The summed E-state index contributed by atoms with van der Waals surface area (Å²) in [6, 6.07) is 6.19. The summed E-state index contributed by atoms with van der Waals surface area (Å²) < 4.78 is 11.4. The van der Waals surface area contributed by atoms with Gasteiger partial charge in [-0.05, 0) is 51.4 Å². The number of ether oxygens (including phenoxy) is 2. The summed E-state index contributed by atoms with van der Waals surface area (Å²) in [4.78, 5) is 0. The minimum absolute atomic E-state index is 0.159. The topological polar surface area (TPSA) is 30.5 Å². The maximum atomic E-state index is 5.77. The Bertz CT molecular complexity index is 377. The Labute approximate surface area is 123 Å². The minimum Gasteiger partial charge on any atom is -0.490 e. The minimum atomic E-state index is 0.159. The van der Waals surface area contributed by atoms with Crippen molar-refractivity contribution >= 4 is 0 Å². The molecule has 1 N–H and O–H groups in total. The highest BCUT2D eigenvalue weighted by Gasteiger charge is 2.08. The molecule has 0 saturated carbocycles. The maximum Gasteiger partial charge on any atom is 0.161 e. The van der Waals surface area contributed by atoms with E-state index in [0.29, 0.717) is 6.61 Å². The summed E-state index contributed by atoms with van der Waals surface area (Å²) >= 11 is 0. The van der Waals surface area contributed by atoms with E-state index in [-0.39, 0.29) is 6.10 Å². The molecule has 0 atom stereocenters. The lowest BCUT2D eigenvalue weighted by atomic mass is 10.2. The molecule has 0 fully saturated rings. The molecule has 0 unspecified atom stereocenters. The molecule has 1 aromatic carbocycles. The normalized spacial score (nSPS) is 10.8. The van der Waals surface area contributed by atoms with Gasteiger partial charge in [0.15, 0.2) is 11.5 Å². The van der Waals surface area contributed by atoms with E-state index >= 15 is 0 Å². The van der Waals surface area contributed by atoms with Crippen LogP contribution in [0, 0.1) is 0 Å². The van der Waals surface area contributed by atoms with E-state index in [1.807, 2.05) is 26.8 Å². The monoisotopic (exact) mass is 279 g/mol. The lowest BCUT2D eigenvalue weighted by Gasteiger charge is -2.15. The second kappa shape index (κ2) is 9.65. The van der Waals surface area contributed by atoms with Crippen LogP contribution in [-0.2, 0) is 6.54 Å². The maximum absolute atomic E-state index is 5.77. The van der Waals surface area contributed by atoms with Crippen molar-refractivity contribution in [3.63, 3.8) is 0 Å². The zero-order chi connectivity index (χ0) is 14.8. The van der Waals surface area contributed by atoms with E-state index in [2.05, 4.69) is 24.4 Å². The Balaban J connectivity index is 2.57. The number of nitrogens with one attached hydrogen (secondary N) is 1. The lowest BCUT2D eigenvalue weighted by Crippen LogP contribution is -2.15. The average Bonchev–Trinajstić information content (AvgIpc) is 2.41. The van der Waals surface area contributed by atoms with Gasteiger partial charge in [-0.3, -0.25) is 0 Å². The standard InChI is InChI=1S/C17H29NO2/c1-5-7-8-11-18-13-15-9-10-16(20-14(3)4)17(12-15)19-6-2/h9-10,12,14,18H,5-8,11,13H2,1-4H3. The van der Waals surface area contributed by atoms with Crippen LogP contribution in [0.2, 0.25) is 0 Å². The smallest absolute Gasteiger partial charge is 0.161 e. The highest BCUT2D eigenvalue weighted by atomic mass is 16.5. The van der Waals surface area contributed by atoms with Crippen LogP contribution in [0.5, 0.6) is 11.5 Å². The molecular weight excluding hydrogens is 250 g/mol. The summed E-state index contributed by atoms with van der Waals surface area (Å²) in [5.74, 6) is 1.67. The largest absolute Gasteiger partial charge is 0.490 e. The van der Waals surface area contributed by atoms with E-state index < -0.39 is 0 Å². The Hall–Kier alpha value is -1.22. The molecule has 1 aromatic rings. The van der Waals surface area contributed by atoms with Gasteiger partial charge >= 0.3 is 0 Å². The van der Waals surface area contributed by atoms with Crippen LogP contribution in [0.4, 0.5) is 0 Å². The Morgan fingerprint density at radius 3 is 2.55 bits per heavy atom. The first-order valence-corrected chi connectivity index (χ1v) is 7.80. The van der Waals surface area contributed by atoms with E-state index in [9.17, 15) is 0 Å². The summed E-state index contributed by atoms with van der Waals surface area (Å²) in [7, 11) is 0. The van der Waals surface area contributed by atoms with Crippen molar-refractivity contribution in [2.75, 3.05) is 13.2 Å². The van der Waals surface area contributed by atoms with Gasteiger partial charge in [0.1, 0.15) is 0 Å². The zero-order valence-corrected chi connectivity index (χ0v) is 13.4. The molecule has 0 aliphatic carbocycles. The molecule has 0 saturated heterocycles. The molecule has 0 spiro atoms. The molecule has 3 heteroatoms. The van der Waals surface area contributed by atoms with Crippen LogP contribution in [0.3, 0.4) is 0 Å². The summed E-state index contributed by atoms with van der Waals surface area (Å²) in [5.41, 5.74) is 1.24. The molecule has 0 heterocycles. The van der Waals surface area contributed by atoms with Gasteiger partial charge in [0, 0.05) is 6.54 Å². The van der Waals surface area contributed by atoms with Crippen molar-refractivity contribution in [1.29, 1.82) is 0 Å². The predicted octanol–water partition coefficient (Wildman–Crippen LogP) is 4.15. The first kappa shape index (κ1) is 16.8. The molecule has 1 rings (SSSR count). The molecule has 0 aromatic heterocycles. The van der Waals surface area contributed by atoms with Crippen molar-refractivity contribution in [3.8, 4) is 11.5 Å². The first-order valence-electron chi connectivity index (χ1n) is 7.80. The quantitative estimate of drug-likeness (QED) is 0.653. The number of hydrogen-bond acceptors (Lipinski definition) is 3. The fourth-order valence-corrected chi connectivity index (χ4v) is 2.01. The van der Waals surface area contributed by atoms with Crippen LogP contribution >= 0.6 is 0 Å². The van der Waals surface area contributed by atoms with Gasteiger partial charge in [-0.2, -0.15) is 0 Å². The Morgan fingerprint density at radius 2 is 1.90 bits per heavy atom. The van der Waals surface area contributed by atoms with Crippen LogP contribution in [0.15, 0.2) is 18.2 Å². The molecule has 0 radical (unpaired) electrons. The Kier molecular flexibility index (Phi) is 8.12. The third-order valence-corrected chi connectivity index (χ3v) is 2.96. The van der Waals surface area contributed by atoms with Crippen LogP contribution < -0.4 is 14.8 Å². The zero-order valence-electron chi connectivity index (χ0n) is 13.4. The van der Waals surface area contributed by atoms with Gasteiger partial charge < -0.3 is 14.8 Å². The third-order valence-electron chi connectivity index (χ3n) is 2.96. The molecule has 20 heavy (non-hydrogen) atoms. The van der Waals surface area contributed by atoms with Gasteiger partial charge in [-0.1, -0.05) is 25.8 Å². The highest BCUT2D eigenvalue weighted by Crippen LogP contribution is 2.29. The second-order valence-corrected chi connectivity index (χ2v) is 5.26. The molecule has 3 nitrogen and oxygen atoms in total. The van der Waals surface area contributed by atoms with Crippen LogP contribution in [-0.4, -0.2) is 19.3 Å². The first-order chi connectivity index (χ1) is 9.67. The van der Waals surface area contributed by atoms with Gasteiger partial charge in [0.25, 0.3) is 0 Å². The van der Waals surface area contributed by atoms with Crippen molar-refractivity contribution < 1.29 is 9.47 Å². The summed E-state index contributed by atoms with van der Waals surface area (Å²) in [6.07, 6.45) is 3.95. The van der Waals surface area contributed by atoms with E-state index in [1.54, 1.807) is 0 Å². The molecular formula is C17H29NO2. The van der Waals surface area contributed by atoms with Crippen molar-refractivity contribution in [3.05, 3.63) is 23.8 Å². The van der Waals surface area contributed by atoms with Crippen molar-refractivity contribution in [1.82, 2.24) is 5.32 Å². The van der Waals surface area contributed by atoms with Gasteiger partial charge in [0.05, 0.1) is 12.7 Å². The second-order valence-electron chi connectivity index (χ2n) is 5.26. The van der Waals surface area contributed by atoms with E-state index in [0.717, 1.165) is 24.6 Å². The summed E-state index contributed by atoms with van der Waals surface area (Å²) in [6.45, 7) is 10.9. The molecule has 114 valence electrons. The Morgan fingerprint density at radius 1 is 1.10 bits per heavy atom. The lowest BCUT2D eigenvalue weighted by molar-refractivity contribution is 0.223. The SMILES string of the molecule is CCCCCNCc1ccc(OC(C)C)c(OCC)c1. The number of benzene rings is 1. The van der Waals surface area contributed by atoms with E-state index in [1.165, 1.54) is 24.8 Å². The fourth-order valence-electron chi connectivity index (χ4n) is 2.01. The van der Waals surface area contributed by atoms with E-state index in [4.69, 9.17) is 9.47 Å². The van der Waals surface area contributed by atoms with Crippen LogP contribution in [0.25, 0.3) is 0 Å².